The van der Waals surface area contributed by atoms with Crippen LogP contribution in [-0.2, 0) is 9.59 Å². The standard InChI is InChI=1S/C22H20N2O5/c1-12(2)29-15-6-3-13(4-7-15)14-5-8-16-17(11-14)22(28)24(21(16)27)18-9-10-19(25)23-20(18)26/h3-8,11-12,18H,9-10H2,1-2H3,(H,23,25,26). The molecule has 2 aromatic rings. The molecule has 148 valence electrons. The lowest BCUT2D eigenvalue weighted by Crippen LogP contribution is -2.54. The average Bonchev–Trinajstić information content (AvgIpc) is 2.92. The number of piperidine rings is 1. The molecule has 2 heterocycles. The van der Waals surface area contributed by atoms with Gasteiger partial charge in [-0.15, -0.1) is 0 Å². The van der Waals surface area contributed by atoms with E-state index in [0.29, 0.717) is 0 Å². The summed E-state index contributed by atoms with van der Waals surface area (Å²) < 4.78 is 5.64. The van der Waals surface area contributed by atoms with Crippen LogP contribution in [0.25, 0.3) is 11.1 Å². The Balaban J connectivity index is 1.62. The van der Waals surface area contributed by atoms with Gasteiger partial charge in [0.15, 0.2) is 0 Å². The van der Waals surface area contributed by atoms with Gasteiger partial charge < -0.3 is 4.74 Å². The number of ether oxygens (including phenoxy) is 1. The number of hydrogen-bond acceptors (Lipinski definition) is 5. The molecule has 1 N–H and O–H groups in total. The molecule has 1 unspecified atom stereocenters. The third-order valence-electron chi connectivity index (χ3n) is 5.00. The van der Waals surface area contributed by atoms with Crippen molar-refractivity contribution in [1.82, 2.24) is 10.2 Å². The van der Waals surface area contributed by atoms with Crippen molar-refractivity contribution >= 4 is 23.6 Å². The van der Waals surface area contributed by atoms with E-state index in [1.54, 1.807) is 18.2 Å². The second-order valence-corrected chi connectivity index (χ2v) is 7.40. The Hall–Kier alpha value is -3.48. The Labute approximate surface area is 167 Å². The summed E-state index contributed by atoms with van der Waals surface area (Å²) in [7, 11) is 0. The van der Waals surface area contributed by atoms with Gasteiger partial charge >= 0.3 is 0 Å². The summed E-state index contributed by atoms with van der Waals surface area (Å²) >= 11 is 0. The van der Waals surface area contributed by atoms with Crippen LogP contribution in [-0.4, -0.2) is 40.7 Å². The molecule has 0 saturated carbocycles. The van der Waals surface area contributed by atoms with Crippen molar-refractivity contribution in [3.8, 4) is 16.9 Å². The first-order valence-corrected chi connectivity index (χ1v) is 9.48. The molecular weight excluding hydrogens is 372 g/mol. The van der Waals surface area contributed by atoms with Crippen LogP contribution in [0.4, 0.5) is 0 Å². The lowest BCUT2D eigenvalue weighted by atomic mass is 10.00. The molecule has 0 aliphatic carbocycles. The number of nitrogens with zero attached hydrogens (tertiary/aromatic N) is 1. The summed E-state index contributed by atoms with van der Waals surface area (Å²) in [5.74, 6) is -1.28. The van der Waals surface area contributed by atoms with Crippen molar-refractivity contribution in [2.45, 2.75) is 38.8 Å². The summed E-state index contributed by atoms with van der Waals surface area (Å²) in [4.78, 5) is 50.1. The Kier molecular flexibility index (Phi) is 4.66. The number of carbonyl (C=O) groups excluding carboxylic acids is 4. The number of nitrogens with one attached hydrogen (secondary N) is 1. The van der Waals surface area contributed by atoms with Crippen LogP contribution in [0, 0.1) is 0 Å². The normalized spacial score (nSPS) is 18.9. The largest absolute Gasteiger partial charge is 0.491 e. The van der Waals surface area contributed by atoms with E-state index in [9.17, 15) is 19.2 Å². The van der Waals surface area contributed by atoms with Crippen LogP contribution < -0.4 is 10.1 Å². The molecule has 4 amide bonds. The highest BCUT2D eigenvalue weighted by Crippen LogP contribution is 2.31. The highest BCUT2D eigenvalue weighted by atomic mass is 16.5. The zero-order valence-electron chi connectivity index (χ0n) is 16.1. The zero-order valence-corrected chi connectivity index (χ0v) is 16.1. The highest BCUT2D eigenvalue weighted by molar-refractivity contribution is 6.23. The fraction of sp³-hybridized carbons (Fsp3) is 0.273. The van der Waals surface area contributed by atoms with Gasteiger partial charge in [0.05, 0.1) is 17.2 Å². The van der Waals surface area contributed by atoms with Crippen molar-refractivity contribution in [3.63, 3.8) is 0 Å². The summed E-state index contributed by atoms with van der Waals surface area (Å²) in [6.45, 7) is 3.90. The smallest absolute Gasteiger partial charge is 0.262 e. The van der Waals surface area contributed by atoms with E-state index in [0.717, 1.165) is 21.8 Å². The van der Waals surface area contributed by atoms with Gasteiger partial charge in [0, 0.05) is 6.42 Å². The third-order valence-corrected chi connectivity index (χ3v) is 5.00. The van der Waals surface area contributed by atoms with Gasteiger partial charge in [0.1, 0.15) is 11.8 Å². The SMILES string of the molecule is CC(C)Oc1ccc(-c2ccc3c(c2)C(=O)N(C2CCC(=O)NC2=O)C3=O)cc1. The molecule has 4 rings (SSSR count). The fourth-order valence-electron chi connectivity index (χ4n) is 3.65. The second-order valence-electron chi connectivity index (χ2n) is 7.40. The van der Waals surface area contributed by atoms with Crippen LogP contribution in [0.2, 0.25) is 0 Å². The van der Waals surface area contributed by atoms with Crippen LogP contribution >= 0.6 is 0 Å². The molecule has 1 saturated heterocycles. The Bertz CT molecular complexity index is 1030. The molecule has 2 aromatic carbocycles. The maximum Gasteiger partial charge on any atom is 0.262 e. The van der Waals surface area contributed by atoms with Gasteiger partial charge in [-0.05, 0) is 55.7 Å². The minimum Gasteiger partial charge on any atom is -0.491 e. The van der Waals surface area contributed by atoms with Crippen LogP contribution in [0.3, 0.4) is 0 Å². The minimum absolute atomic E-state index is 0.0720. The van der Waals surface area contributed by atoms with Gasteiger partial charge in [-0.1, -0.05) is 18.2 Å². The van der Waals surface area contributed by atoms with Gasteiger partial charge in [0.25, 0.3) is 11.8 Å². The molecule has 0 radical (unpaired) electrons. The number of fused-ring (bicyclic) bond motifs is 1. The van der Waals surface area contributed by atoms with E-state index >= 15 is 0 Å². The molecule has 0 spiro atoms. The quantitative estimate of drug-likeness (QED) is 0.808. The van der Waals surface area contributed by atoms with Crippen molar-refractivity contribution in [3.05, 3.63) is 53.6 Å². The van der Waals surface area contributed by atoms with Gasteiger partial charge in [-0.2, -0.15) is 0 Å². The fourth-order valence-corrected chi connectivity index (χ4v) is 3.65. The number of amides is 4. The molecule has 2 aliphatic rings. The first-order valence-electron chi connectivity index (χ1n) is 9.48. The maximum absolute atomic E-state index is 12.9. The van der Waals surface area contributed by atoms with Gasteiger partial charge in [-0.25, -0.2) is 0 Å². The molecule has 7 nitrogen and oxygen atoms in total. The van der Waals surface area contributed by atoms with Gasteiger partial charge in [0.2, 0.25) is 11.8 Å². The number of benzene rings is 2. The average molecular weight is 392 g/mol. The molecule has 1 atom stereocenters. The van der Waals surface area contributed by atoms with Gasteiger partial charge in [-0.3, -0.25) is 29.4 Å². The molecule has 0 aromatic heterocycles. The monoisotopic (exact) mass is 392 g/mol. The third kappa shape index (κ3) is 3.40. The molecule has 7 heteroatoms. The van der Waals surface area contributed by atoms with Crippen molar-refractivity contribution in [2.24, 2.45) is 0 Å². The first kappa shape index (κ1) is 18.9. The van der Waals surface area contributed by atoms with E-state index in [2.05, 4.69) is 5.32 Å². The lowest BCUT2D eigenvalue weighted by Gasteiger charge is -2.27. The lowest BCUT2D eigenvalue weighted by molar-refractivity contribution is -0.136. The summed E-state index contributed by atoms with van der Waals surface area (Å²) in [5, 5.41) is 2.19. The predicted octanol–water partition coefficient (Wildman–Crippen LogP) is 2.54. The van der Waals surface area contributed by atoms with Crippen LogP contribution in [0.15, 0.2) is 42.5 Å². The Morgan fingerprint density at radius 1 is 0.931 bits per heavy atom. The van der Waals surface area contributed by atoms with E-state index in [1.807, 2.05) is 38.1 Å². The van der Waals surface area contributed by atoms with Crippen LogP contribution in [0.5, 0.6) is 5.75 Å². The summed E-state index contributed by atoms with van der Waals surface area (Å²) in [5.41, 5.74) is 2.19. The molecule has 0 bridgehead atoms. The molecule has 1 fully saturated rings. The van der Waals surface area contributed by atoms with E-state index < -0.39 is 29.7 Å². The Morgan fingerprint density at radius 3 is 2.24 bits per heavy atom. The Morgan fingerprint density at radius 2 is 1.59 bits per heavy atom. The number of hydrogen-bond donors (Lipinski definition) is 1. The van der Waals surface area contributed by atoms with E-state index in [-0.39, 0.29) is 30.1 Å². The predicted molar refractivity (Wildman–Crippen MR) is 104 cm³/mol. The minimum atomic E-state index is -0.962. The second kappa shape index (κ2) is 7.16. The number of rotatable bonds is 4. The maximum atomic E-state index is 12.9. The number of imide groups is 2. The summed E-state index contributed by atoms with van der Waals surface area (Å²) in [6.07, 6.45) is 0.308. The highest BCUT2D eigenvalue weighted by Gasteiger charge is 2.44. The van der Waals surface area contributed by atoms with Crippen molar-refractivity contribution in [2.75, 3.05) is 0 Å². The molecule has 2 aliphatic heterocycles. The molecular formula is C22H20N2O5. The van der Waals surface area contributed by atoms with E-state index in [1.165, 1.54) is 0 Å². The van der Waals surface area contributed by atoms with Crippen molar-refractivity contribution in [1.29, 1.82) is 0 Å². The van der Waals surface area contributed by atoms with Crippen molar-refractivity contribution < 1.29 is 23.9 Å². The zero-order chi connectivity index (χ0) is 20.7. The van der Waals surface area contributed by atoms with E-state index in [4.69, 9.17) is 4.74 Å². The number of carbonyl (C=O) groups is 4. The van der Waals surface area contributed by atoms with Crippen LogP contribution in [0.1, 0.15) is 47.4 Å². The topological polar surface area (TPSA) is 92.8 Å². The first-order chi connectivity index (χ1) is 13.8. The molecule has 29 heavy (non-hydrogen) atoms. The summed E-state index contributed by atoms with van der Waals surface area (Å²) in [6, 6.07) is 11.6.